The standard InChI is InChI=1S/C14H21N3O2/c1-4-10-5-7-11(8-6-10)16-13(18)12(9(2)3)17-14(15)19/h5-9,12H,4H2,1-3H3,(H,16,18)(H3,15,17,19)/t12-/m1/s1. The average molecular weight is 263 g/mol. The minimum atomic E-state index is -0.699. The lowest BCUT2D eigenvalue weighted by molar-refractivity contribution is -0.118. The van der Waals surface area contributed by atoms with Gasteiger partial charge in [0.1, 0.15) is 6.04 Å². The van der Waals surface area contributed by atoms with Gasteiger partial charge in [0.25, 0.3) is 0 Å². The van der Waals surface area contributed by atoms with Crippen LogP contribution in [0.3, 0.4) is 0 Å². The Hall–Kier alpha value is -2.04. The average Bonchev–Trinajstić information content (AvgIpc) is 2.36. The van der Waals surface area contributed by atoms with Crippen molar-refractivity contribution in [1.29, 1.82) is 0 Å². The van der Waals surface area contributed by atoms with Crippen molar-refractivity contribution in [1.82, 2.24) is 5.32 Å². The SMILES string of the molecule is CCc1ccc(NC(=O)[C@H](NC(N)=O)C(C)C)cc1. The molecule has 0 saturated carbocycles. The first-order valence-electron chi connectivity index (χ1n) is 6.39. The van der Waals surface area contributed by atoms with Gasteiger partial charge in [0.15, 0.2) is 0 Å². The van der Waals surface area contributed by atoms with E-state index in [1.807, 2.05) is 38.1 Å². The highest BCUT2D eigenvalue weighted by molar-refractivity contribution is 5.97. The minimum absolute atomic E-state index is 0.0394. The van der Waals surface area contributed by atoms with E-state index >= 15 is 0 Å². The summed E-state index contributed by atoms with van der Waals surface area (Å²) in [5, 5.41) is 5.22. The molecule has 0 spiro atoms. The number of hydrogen-bond donors (Lipinski definition) is 3. The van der Waals surface area contributed by atoms with E-state index in [-0.39, 0.29) is 11.8 Å². The van der Waals surface area contributed by atoms with E-state index in [1.54, 1.807) is 0 Å². The van der Waals surface area contributed by atoms with Crippen LogP contribution in [0.25, 0.3) is 0 Å². The molecule has 1 aromatic rings. The molecule has 0 aromatic heterocycles. The number of amides is 3. The fraction of sp³-hybridized carbons (Fsp3) is 0.429. The first-order valence-corrected chi connectivity index (χ1v) is 6.39. The van der Waals surface area contributed by atoms with Crippen molar-refractivity contribution in [2.45, 2.75) is 33.2 Å². The highest BCUT2D eigenvalue weighted by Gasteiger charge is 2.23. The lowest BCUT2D eigenvalue weighted by Gasteiger charge is -2.20. The summed E-state index contributed by atoms with van der Waals surface area (Å²) in [6, 6.07) is 6.28. The molecule has 5 nitrogen and oxygen atoms in total. The molecule has 1 aromatic carbocycles. The van der Waals surface area contributed by atoms with Crippen LogP contribution in [0.5, 0.6) is 0 Å². The van der Waals surface area contributed by atoms with Crippen LogP contribution in [-0.2, 0) is 11.2 Å². The van der Waals surface area contributed by atoms with Crippen molar-refractivity contribution in [3.63, 3.8) is 0 Å². The highest BCUT2D eigenvalue weighted by atomic mass is 16.2. The molecule has 0 bridgehead atoms. The molecule has 0 unspecified atom stereocenters. The fourth-order valence-corrected chi connectivity index (χ4v) is 1.73. The minimum Gasteiger partial charge on any atom is -0.352 e. The highest BCUT2D eigenvalue weighted by Crippen LogP contribution is 2.12. The Bertz CT molecular complexity index is 441. The Kier molecular flexibility index (Phi) is 5.36. The van der Waals surface area contributed by atoms with Gasteiger partial charge < -0.3 is 16.4 Å². The second-order valence-electron chi connectivity index (χ2n) is 4.77. The number of hydrogen-bond acceptors (Lipinski definition) is 2. The van der Waals surface area contributed by atoms with Gasteiger partial charge >= 0.3 is 6.03 Å². The van der Waals surface area contributed by atoms with Crippen molar-refractivity contribution < 1.29 is 9.59 Å². The number of rotatable bonds is 5. The molecule has 104 valence electrons. The molecule has 1 atom stereocenters. The van der Waals surface area contributed by atoms with Crippen molar-refractivity contribution in [3.05, 3.63) is 29.8 Å². The van der Waals surface area contributed by atoms with Gasteiger partial charge in [-0.05, 0) is 30.0 Å². The number of carbonyl (C=O) groups is 2. The topological polar surface area (TPSA) is 84.2 Å². The molecule has 4 N–H and O–H groups in total. The van der Waals surface area contributed by atoms with E-state index in [4.69, 9.17) is 5.73 Å². The summed E-state index contributed by atoms with van der Waals surface area (Å²) in [6.45, 7) is 5.76. The zero-order valence-corrected chi connectivity index (χ0v) is 11.6. The number of benzene rings is 1. The fourth-order valence-electron chi connectivity index (χ4n) is 1.73. The Morgan fingerprint density at radius 2 is 1.79 bits per heavy atom. The summed E-state index contributed by atoms with van der Waals surface area (Å²) in [6.07, 6.45) is 0.950. The van der Waals surface area contributed by atoms with E-state index in [9.17, 15) is 9.59 Å². The van der Waals surface area contributed by atoms with Gasteiger partial charge in [-0.1, -0.05) is 32.9 Å². The van der Waals surface area contributed by atoms with Gasteiger partial charge in [0.05, 0.1) is 0 Å². The number of nitrogens with two attached hydrogens (primary N) is 1. The number of anilines is 1. The molecule has 0 aliphatic rings. The van der Waals surface area contributed by atoms with E-state index < -0.39 is 12.1 Å². The summed E-state index contributed by atoms with van der Waals surface area (Å²) in [7, 11) is 0. The molecule has 0 saturated heterocycles. The van der Waals surface area contributed by atoms with E-state index in [2.05, 4.69) is 17.6 Å². The predicted molar refractivity (Wildman–Crippen MR) is 75.8 cm³/mol. The summed E-state index contributed by atoms with van der Waals surface area (Å²) in [5.74, 6) is -0.305. The van der Waals surface area contributed by atoms with Crippen molar-refractivity contribution >= 4 is 17.6 Å². The molecular weight excluding hydrogens is 242 g/mol. The number of nitrogens with one attached hydrogen (secondary N) is 2. The summed E-state index contributed by atoms with van der Waals surface area (Å²) in [5.41, 5.74) is 6.98. The van der Waals surface area contributed by atoms with E-state index in [0.29, 0.717) is 5.69 Å². The lowest BCUT2D eigenvalue weighted by Crippen LogP contribution is -2.49. The Morgan fingerprint density at radius 3 is 2.21 bits per heavy atom. The van der Waals surface area contributed by atoms with Crippen molar-refractivity contribution in [2.24, 2.45) is 11.7 Å². The van der Waals surface area contributed by atoms with Crippen LogP contribution in [0.4, 0.5) is 10.5 Å². The predicted octanol–water partition coefficient (Wildman–Crippen LogP) is 1.88. The first kappa shape index (κ1) is 15.0. The number of urea groups is 1. The maximum absolute atomic E-state index is 12.1. The third kappa shape index (κ3) is 4.62. The molecule has 0 aliphatic heterocycles. The van der Waals surface area contributed by atoms with Gasteiger partial charge in [-0.25, -0.2) is 4.79 Å². The molecular formula is C14H21N3O2. The Morgan fingerprint density at radius 1 is 1.21 bits per heavy atom. The summed E-state index contributed by atoms with van der Waals surface area (Å²) < 4.78 is 0. The Balaban J connectivity index is 2.72. The third-order valence-corrected chi connectivity index (χ3v) is 2.88. The molecule has 0 radical (unpaired) electrons. The molecule has 0 aliphatic carbocycles. The maximum atomic E-state index is 12.1. The van der Waals surface area contributed by atoms with Crippen LogP contribution in [0.1, 0.15) is 26.3 Å². The first-order chi connectivity index (χ1) is 8.93. The lowest BCUT2D eigenvalue weighted by atomic mass is 10.0. The van der Waals surface area contributed by atoms with Gasteiger partial charge in [0.2, 0.25) is 5.91 Å². The smallest absolute Gasteiger partial charge is 0.312 e. The summed E-state index contributed by atoms with van der Waals surface area (Å²) >= 11 is 0. The molecule has 19 heavy (non-hydrogen) atoms. The molecule has 0 heterocycles. The number of carbonyl (C=O) groups excluding carboxylic acids is 2. The number of primary amides is 1. The van der Waals surface area contributed by atoms with Crippen LogP contribution in [0.15, 0.2) is 24.3 Å². The van der Waals surface area contributed by atoms with Crippen LogP contribution in [0, 0.1) is 5.92 Å². The van der Waals surface area contributed by atoms with Gasteiger partial charge in [-0.3, -0.25) is 4.79 Å². The molecule has 5 heteroatoms. The third-order valence-electron chi connectivity index (χ3n) is 2.88. The monoisotopic (exact) mass is 263 g/mol. The second-order valence-corrected chi connectivity index (χ2v) is 4.77. The molecule has 1 rings (SSSR count). The zero-order valence-electron chi connectivity index (χ0n) is 11.6. The van der Waals surface area contributed by atoms with E-state index in [1.165, 1.54) is 5.56 Å². The Labute approximate surface area is 113 Å². The van der Waals surface area contributed by atoms with Crippen LogP contribution in [-0.4, -0.2) is 18.0 Å². The molecule has 0 fully saturated rings. The van der Waals surface area contributed by atoms with Gasteiger partial charge in [-0.2, -0.15) is 0 Å². The van der Waals surface area contributed by atoms with Crippen LogP contribution < -0.4 is 16.4 Å². The van der Waals surface area contributed by atoms with Crippen LogP contribution >= 0.6 is 0 Å². The molecule has 3 amide bonds. The quantitative estimate of drug-likeness (QED) is 0.757. The van der Waals surface area contributed by atoms with Crippen molar-refractivity contribution in [3.8, 4) is 0 Å². The number of aryl methyl sites for hydroxylation is 1. The van der Waals surface area contributed by atoms with Crippen molar-refractivity contribution in [2.75, 3.05) is 5.32 Å². The second kappa shape index (κ2) is 6.78. The maximum Gasteiger partial charge on any atom is 0.312 e. The van der Waals surface area contributed by atoms with Crippen LogP contribution in [0.2, 0.25) is 0 Å². The van der Waals surface area contributed by atoms with Gasteiger partial charge in [0, 0.05) is 5.69 Å². The van der Waals surface area contributed by atoms with E-state index in [0.717, 1.165) is 6.42 Å². The normalized spacial score (nSPS) is 12.0. The largest absolute Gasteiger partial charge is 0.352 e. The van der Waals surface area contributed by atoms with Gasteiger partial charge in [-0.15, -0.1) is 0 Å². The summed E-state index contributed by atoms with van der Waals surface area (Å²) in [4.78, 5) is 22.9. The zero-order chi connectivity index (χ0) is 14.4.